The Labute approximate surface area is 123 Å². The van der Waals surface area contributed by atoms with Gasteiger partial charge in [0.15, 0.2) is 0 Å². The molecule has 1 aliphatic rings. The van der Waals surface area contributed by atoms with Gasteiger partial charge in [-0.2, -0.15) is 0 Å². The zero-order chi connectivity index (χ0) is 15.6. The molecule has 21 heavy (non-hydrogen) atoms. The zero-order valence-electron chi connectivity index (χ0n) is 12.6. The first kappa shape index (κ1) is 15.2. The number of alkyl carbamates (subject to hydrolysis) is 1. The van der Waals surface area contributed by atoms with Crippen LogP contribution in [-0.4, -0.2) is 31.4 Å². The normalized spacial score (nSPS) is 16.7. The van der Waals surface area contributed by atoms with Crippen LogP contribution in [0, 0.1) is 0 Å². The Morgan fingerprint density at radius 1 is 1.33 bits per heavy atom. The van der Waals surface area contributed by atoms with Crippen LogP contribution >= 0.6 is 0 Å². The molecule has 0 aromatic heterocycles. The number of rotatable bonds is 2. The molecule has 1 aromatic rings. The van der Waals surface area contributed by atoms with Crippen LogP contribution in [0.3, 0.4) is 0 Å². The number of nitrogens with one attached hydrogen (secondary N) is 1. The number of methoxy groups -OCH3 is 1. The van der Waals surface area contributed by atoms with Crippen molar-refractivity contribution >= 4 is 12.1 Å². The number of hydrogen-bond acceptors (Lipinski definition) is 5. The van der Waals surface area contributed by atoms with Crippen LogP contribution in [-0.2, 0) is 9.47 Å². The summed E-state index contributed by atoms with van der Waals surface area (Å²) in [7, 11) is 1.31. The summed E-state index contributed by atoms with van der Waals surface area (Å²) >= 11 is 0. The summed E-state index contributed by atoms with van der Waals surface area (Å²) in [5.41, 5.74) is 0.414. The van der Waals surface area contributed by atoms with Crippen molar-refractivity contribution in [2.24, 2.45) is 0 Å². The lowest BCUT2D eigenvalue weighted by molar-refractivity contribution is 0.0492. The molecule has 1 aromatic carbocycles. The maximum atomic E-state index is 11.9. The second kappa shape index (κ2) is 5.63. The number of benzene rings is 1. The highest BCUT2D eigenvalue weighted by molar-refractivity contribution is 5.92. The molecular weight excluding hydrogens is 274 g/mol. The van der Waals surface area contributed by atoms with Gasteiger partial charge in [0.2, 0.25) is 0 Å². The van der Waals surface area contributed by atoms with Gasteiger partial charge in [0.1, 0.15) is 18.0 Å². The van der Waals surface area contributed by atoms with Gasteiger partial charge in [-0.25, -0.2) is 9.59 Å². The summed E-state index contributed by atoms with van der Waals surface area (Å²) in [6, 6.07) is 4.66. The SMILES string of the molecule is COC(=O)c1cccc2c1C(NC(=O)OC(C)(C)C)CO2. The van der Waals surface area contributed by atoms with Crippen LogP contribution in [0.25, 0.3) is 0 Å². The summed E-state index contributed by atoms with van der Waals surface area (Å²) in [6.45, 7) is 5.60. The first-order valence-corrected chi connectivity index (χ1v) is 6.65. The molecule has 0 bridgehead atoms. The zero-order valence-corrected chi connectivity index (χ0v) is 12.6. The van der Waals surface area contributed by atoms with Gasteiger partial charge in [0, 0.05) is 5.56 Å². The van der Waals surface area contributed by atoms with Crippen LogP contribution in [0.4, 0.5) is 4.79 Å². The quantitative estimate of drug-likeness (QED) is 0.848. The van der Waals surface area contributed by atoms with Gasteiger partial charge < -0.3 is 19.5 Å². The Hall–Kier alpha value is -2.24. The molecule has 1 N–H and O–H groups in total. The molecule has 6 nitrogen and oxygen atoms in total. The Bertz CT molecular complexity index is 562. The molecule has 0 saturated heterocycles. The molecule has 0 saturated carbocycles. The van der Waals surface area contributed by atoms with Crippen molar-refractivity contribution in [3.8, 4) is 5.75 Å². The van der Waals surface area contributed by atoms with E-state index in [1.165, 1.54) is 7.11 Å². The van der Waals surface area contributed by atoms with Crippen molar-refractivity contribution < 1.29 is 23.8 Å². The van der Waals surface area contributed by atoms with E-state index in [9.17, 15) is 9.59 Å². The molecule has 114 valence electrons. The van der Waals surface area contributed by atoms with E-state index in [1.54, 1.807) is 39.0 Å². The second-order valence-electron chi connectivity index (χ2n) is 5.72. The third kappa shape index (κ3) is 3.45. The van der Waals surface area contributed by atoms with Gasteiger partial charge in [-0.05, 0) is 32.9 Å². The van der Waals surface area contributed by atoms with E-state index in [4.69, 9.17) is 14.2 Å². The fourth-order valence-corrected chi connectivity index (χ4v) is 2.14. The first-order chi connectivity index (χ1) is 9.81. The van der Waals surface area contributed by atoms with E-state index in [1.807, 2.05) is 0 Å². The van der Waals surface area contributed by atoms with Crippen molar-refractivity contribution in [1.29, 1.82) is 0 Å². The molecule has 1 amide bonds. The van der Waals surface area contributed by atoms with E-state index in [2.05, 4.69) is 5.32 Å². The minimum absolute atomic E-state index is 0.253. The molecule has 6 heteroatoms. The van der Waals surface area contributed by atoms with Gasteiger partial charge in [-0.15, -0.1) is 0 Å². The van der Waals surface area contributed by atoms with Crippen LogP contribution in [0.2, 0.25) is 0 Å². The molecule has 2 rings (SSSR count). The Morgan fingerprint density at radius 2 is 2.05 bits per heavy atom. The van der Waals surface area contributed by atoms with E-state index < -0.39 is 23.7 Å². The fraction of sp³-hybridized carbons (Fsp3) is 0.467. The van der Waals surface area contributed by atoms with E-state index >= 15 is 0 Å². The average Bonchev–Trinajstić information content (AvgIpc) is 2.79. The predicted molar refractivity (Wildman–Crippen MR) is 75.4 cm³/mol. The number of hydrogen-bond donors (Lipinski definition) is 1. The number of ether oxygens (including phenoxy) is 3. The number of amides is 1. The molecule has 1 aliphatic heterocycles. The largest absolute Gasteiger partial charge is 0.491 e. The third-order valence-corrected chi connectivity index (χ3v) is 2.92. The lowest BCUT2D eigenvalue weighted by atomic mass is 10.0. The minimum Gasteiger partial charge on any atom is -0.491 e. The lowest BCUT2D eigenvalue weighted by Gasteiger charge is -2.21. The van der Waals surface area contributed by atoms with Gasteiger partial charge >= 0.3 is 12.1 Å². The van der Waals surface area contributed by atoms with E-state index in [0.29, 0.717) is 16.9 Å². The highest BCUT2D eigenvalue weighted by Crippen LogP contribution is 2.35. The monoisotopic (exact) mass is 293 g/mol. The van der Waals surface area contributed by atoms with Crippen molar-refractivity contribution in [2.75, 3.05) is 13.7 Å². The predicted octanol–water partition coefficient (Wildman–Crippen LogP) is 2.43. The topological polar surface area (TPSA) is 73.9 Å². The van der Waals surface area contributed by atoms with Crippen LogP contribution in [0.5, 0.6) is 5.75 Å². The van der Waals surface area contributed by atoms with Crippen LogP contribution in [0.15, 0.2) is 18.2 Å². The van der Waals surface area contributed by atoms with Crippen molar-refractivity contribution in [2.45, 2.75) is 32.4 Å². The summed E-state index contributed by atoms with van der Waals surface area (Å²) in [6.07, 6.45) is -0.552. The molecule has 1 atom stereocenters. The highest BCUT2D eigenvalue weighted by atomic mass is 16.6. The number of esters is 1. The number of fused-ring (bicyclic) bond motifs is 1. The smallest absolute Gasteiger partial charge is 0.408 e. The van der Waals surface area contributed by atoms with Crippen LogP contribution in [0.1, 0.15) is 42.7 Å². The standard InChI is InChI=1S/C15H19NO5/c1-15(2,3)21-14(18)16-10-8-20-11-7-5-6-9(12(10)11)13(17)19-4/h5-7,10H,8H2,1-4H3,(H,16,18). The summed E-state index contributed by atoms with van der Waals surface area (Å²) in [4.78, 5) is 23.7. The maximum absolute atomic E-state index is 11.9. The molecule has 0 radical (unpaired) electrons. The molecule has 0 aliphatic carbocycles. The van der Waals surface area contributed by atoms with Gasteiger partial charge in [-0.1, -0.05) is 6.07 Å². The number of carbonyl (C=O) groups excluding carboxylic acids is 2. The number of carbonyl (C=O) groups is 2. The van der Waals surface area contributed by atoms with Crippen molar-refractivity contribution in [3.05, 3.63) is 29.3 Å². The molecule has 0 fully saturated rings. The van der Waals surface area contributed by atoms with Crippen molar-refractivity contribution in [3.63, 3.8) is 0 Å². The summed E-state index contributed by atoms with van der Waals surface area (Å²) in [5.74, 6) is 0.104. The highest BCUT2D eigenvalue weighted by Gasteiger charge is 2.32. The van der Waals surface area contributed by atoms with Crippen molar-refractivity contribution in [1.82, 2.24) is 5.32 Å². The molecule has 1 unspecified atom stereocenters. The molecular formula is C15H19NO5. The second-order valence-corrected chi connectivity index (χ2v) is 5.72. The summed E-state index contributed by atoms with van der Waals surface area (Å²) < 4.78 is 15.5. The molecule has 0 spiro atoms. The van der Waals surface area contributed by atoms with Crippen LogP contribution < -0.4 is 10.1 Å². The van der Waals surface area contributed by atoms with E-state index in [-0.39, 0.29) is 6.61 Å². The Balaban J connectivity index is 2.21. The van der Waals surface area contributed by atoms with Gasteiger partial charge in [0.05, 0.1) is 18.7 Å². The van der Waals surface area contributed by atoms with E-state index in [0.717, 1.165) is 0 Å². The fourth-order valence-electron chi connectivity index (χ4n) is 2.14. The first-order valence-electron chi connectivity index (χ1n) is 6.65. The maximum Gasteiger partial charge on any atom is 0.408 e. The molecule has 1 heterocycles. The Kier molecular flexibility index (Phi) is 4.06. The minimum atomic E-state index is -0.589. The lowest BCUT2D eigenvalue weighted by Crippen LogP contribution is -2.35. The Morgan fingerprint density at radius 3 is 2.67 bits per heavy atom. The third-order valence-electron chi connectivity index (χ3n) is 2.92. The van der Waals surface area contributed by atoms with Gasteiger partial charge in [0.25, 0.3) is 0 Å². The average molecular weight is 293 g/mol. The summed E-state index contributed by atoms with van der Waals surface area (Å²) in [5, 5.41) is 2.72. The van der Waals surface area contributed by atoms with Gasteiger partial charge in [-0.3, -0.25) is 0 Å².